The van der Waals surface area contributed by atoms with Crippen LogP contribution in [0.1, 0.15) is 25.0 Å². The fraction of sp³-hybridized carbons (Fsp3) is 0.235. The summed E-state index contributed by atoms with van der Waals surface area (Å²) in [6.07, 6.45) is -0.772. The Morgan fingerprint density at radius 2 is 1.81 bits per heavy atom. The van der Waals surface area contributed by atoms with E-state index in [2.05, 4.69) is 5.32 Å². The fourth-order valence-corrected chi connectivity index (χ4v) is 1.98. The van der Waals surface area contributed by atoms with Crippen molar-refractivity contribution in [3.05, 3.63) is 60.2 Å². The first-order valence-electron chi connectivity index (χ1n) is 6.94. The first kappa shape index (κ1) is 15.1. The van der Waals surface area contributed by atoms with E-state index in [1.807, 2.05) is 25.1 Å². The molecule has 0 fully saturated rings. The highest BCUT2D eigenvalue weighted by Crippen LogP contribution is 2.19. The van der Waals surface area contributed by atoms with Crippen LogP contribution in [0.4, 0.5) is 5.69 Å². The zero-order chi connectivity index (χ0) is 15.1. The molecule has 110 valence electrons. The molecular formula is C17H19NO3. The molecule has 0 aliphatic rings. The number of ether oxygens (including phenoxy) is 1. The van der Waals surface area contributed by atoms with Gasteiger partial charge in [0.1, 0.15) is 5.75 Å². The molecule has 1 amide bonds. The van der Waals surface area contributed by atoms with Crippen molar-refractivity contribution in [2.45, 2.75) is 19.4 Å². The molecule has 2 N–H and O–H groups in total. The SMILES string of the molecule is CCOc1ccc(NC(=O)CC(O)c2ccccc2)cc1. The smallest absolute Gasteiger partial charge is 0.227 e. The number of rotatable bonds is 6. The molecule has 0 radical (unpaired) electrons. The van der Waals surface area contributed by atoms with Crippen LogP contribution in [0.5, 0.6) is 5.75 Å². The summed E-state index contributed by atoms with van der Waals surface area (Å²) in [4.78, 5) is 11.9. The van der Waals surface area contributed by atoms with Crippen LogP contribution >= 0.6 is 0 Å². The van der Waals surface area contributed by atoms with Crippen molar-refractivity contribution < 1.29 is 14.6 Å². The molecule has 0 heterocycles. The van der Waals surface area contributed by atoms with Gasteiger partial charge < -0.3 is 15.2 Å². The van der Waals surface area contributed by atoms with Gasteiger partial charge in [-0.3, -0.25) is 4.79 Å². The molecule has 0 aromatic heterocycles. The van der Waals surface area contributed by atoms with Crippen molar-refractivity contribution in [3.63, 3.8) is 0 Å². The van der Waals surface area contributed by atoms with Crippen molar-refractivity contribution in [1.29, 1.82) is 0 Å². The lowest BCUT2D eigenvalue weighted by atomic mass is 10.1. The predicted molar refractivity (Wildman–Crippen MR) is 82.3 cm³/mol. The second-order valence-electron chi connectivity index (χ2n) is 4.64. The number of amides is 1. The summed E-state index contributed by atoms with van der Waals surface area (Å²) >= 11 is 0. The third-order valence-corrected chi connectivity index (χ3v) is 3.01. The van der Waals surface area contributed by atoms with Crippen LogP contribution in [0.3, 0.4) is 0 Å². The van der Waals surface area contributed by atoms with Crippen LogP contribution in [-0.4, -0.2) is 17.6 Å². The van der Waals surface area contributed by atoms with Crippen molar-refractivity contribution in [2.24, 2.45) is 0 Å². The highest BCUT2D eigenvalue weighted by atomic mass is 16.5. The number of aliphatic hydroxyl groups excluding tert-OH is 1. The second kappa shape index (κ2) is 7.45. The Labute approximate surface area is 124 Å². The van der Waals surface area contributed by atoms with E-state index in [1.165, 1.54) is 0 Å². The monoisotopic (exact) mass is 285 g/mol. The zero-order valence-corrected chi connectivity index (χ0v) is 12.0. The van der Waals surface area contributed by atoms with Crippen LogP contribution in [0, 0.1) is 0 Å². The summed E-state index contributed by atoms with van der Waals surface area (Å²) < 4.78 is 5.34. The van der Waals surface area contributed by atoms with E-state index in [4.69, 9.17) is 4.74 Å². The second-order valence-corrected chi connectivity index (χ2v) is 4.64. The minimum absolute atomic E-state index is 0.0250. The molecule has 2 rings (SSSR count). The first-order chi connectivity index (χ1) is 10.2. The number of hydrogen-bond acceptors (Lipinski definition) is 3. The highest BCUT2D eigenvalue weighted by Gasteiger charge is 2.12. The number of carbonyl (C=O) groups excluding carboxylic acids is 1. The molecule has 0 aliphatic carbocycles. The predicted octanol–water partition coefficient (Wildman–Crippen LogP) is 3.15. The fourth-order valence-electron chi connectivity index (χ4n) is 1.98. The molecule has 0 bridgehead atoms. The van der Waals surface area contributed by atoms with Gasteiger partial charge in [-0.2, -0.15) is 0 Å². The van der Waals surface area contributed by atoms with Crippen LogP contribution < -0.4 is 10.1 Å². The molecule has 4 nitrogen and oxygen atoms in total. The van der Waals surface area contributed by atoms with Crippen molar-refractivity contribution >= 4 is 11.6 Å². The lowest BCUT2D eigenvalue weighted by molar-refractivity contribution is -0.118. The summed E-state index contributed by atoms with van der Waals surface area (Å²) in [6, 6.07) is 16.3. The van der Waals surface area contributed by atoms with E-state index in [-0.39, 0.29) is 12.3 Å². The lowest BCUT2D eigenvalue weighted by Crippen LogP contribution is -2.15. The summed E-state index contributed by atoms with van der Waals surface area (Å²) in [5, 5.41) is 12.8. The van der Waals surface area contributed by atoms with Crippen molar-refractivity contribution in [3.8, 4) is 5.75 Å². The molecule has 1 atom stereocenters. The Balaban J connectivity index is 1.89. The van der Waals surface area contributed by atoms with Gasteiger partial charge in [0.15, 0.2) is 0 Å². The molecule has 21 heavy (non-hydrogen) atoms. The quantitative estimate of drug-likeness (QED) is 0.857. The number of benzene rings is 2. The number of anilines is 1. The highest BCUT2D eigenvalue weighted by molar-refractivity contribution is 5.91. The van der Waals surface area contributed by atoms with E-state index in [0.29, 0.717) is 12.3 Å². The van der Waals surface area contributed by atoms with Gasteiger partial charge in [-0.25, -0.2) is 0 Å². The topological polar surface area (TPSA) is 58.6 Å². The number of aliphatic hydroxyl groups is 1. The third kappa shape index (κ3) is 4.61. The Morgan fingerprint density at radius 1 is 1.14 bits per heavy atom. The molecule has 0 saturated heterocycles. The van der Waals surface area contributed by atoms with Gasteiger partial charge in [-0.15, -0.1) is 0 Å². The van der Waals surface area contributed by atoms with E-state index < -0.39 is 6.10 Å². The third-order valence-electron chi connectivity index (χ3n) is 3.01. The maximum atomic E-state index is 11.9. The van der Waals surface area contributed by atoms with Gasteiger partial charge in [0.2, 0.25) is 5.91 Å². The summed E-state index contributed by atoms with van der Waals surface area (Å²) in [6.45, 7) is 2.52. The molecular weight excluding hydrogens is 266 g/mol. The summed E-state index contributed by atoms with van der Waals surface area (Å²) in [5.74, 6) is 0.537. The van der Waals surface area contributed by atoms with E-state index in [9.17, 15) is 9.90 Å². The van der Waals surface area contributed by atoms with Crippen molar-refractivity contribution in [1.82, 2.24) is 0 Å². The molecule has 2 aromatic carbocycles. The van der Waals surface area contributed by atoms with Crippen LogP contribution in [0.25, 0.3) is 0 Å². The Kier molecular flexibility index (Phi) is 5.35. The maximum Gasteiger partial charge on any atom is 0.227 e. The van der Waals surface area contributed by atoms with Gasteiger partial charge >= 0.3 is 0 Å². The van der Waals surface area contributed by atoms with Crippen LogP contribution in [0.15, 0.2) is 54.6 Å². The van der Waals surface area contributed by atoms with Crippen LogP contribution in [0.2, 0.25) is 0 Å². The minimum atomic E-state index is -0.797. The average molecular weight is 285 g/mol. The largest absolute Gasteiger partial charge is 0.494 e. The number of hydrogen-bond donors (Lipinski definition) is 2. The van der Waals surface area contributed by atoms with E-state index in [0.717, 1.165) is 11.3 Å². The van der Waals surface area contributed by atoms with E-state index >= 15 is 0 Å². The lowest BCUT2D eigenvalue weighted by Gasteiger charge is -2.11. The Hall–Kier alpha value is -2.33. The Bertz CT molecular complexity index is 566. The molecule has 2 aromatic rings. The van der Waals surface area contributed by atoms with Gasteiger partial charge in [0, 0.05) is 5.69 Å². The van der Waals surface area contributed by atoms with Gasteiger partial charge in [0.05, 0.1) is 19.1 Å². The maximum absolute atomic E-state index is 11.9. The molecule has 0 spiro atoms. The van der Waals surface area contributed by atoms with Gasteiger partial charge in [-0.1, -0.05) is 30.3 Å². The van der Waals surface area contributed by atoms with E-state index in [1.54, 1.807) is 36.4 Å². The summed E-state index contributed by atoms with van der Waals surface area (Å²) in [7, 11) is 0. The summed E-state index contributed by atoms with van der Waals surface area (Å²) in [5.41, 5.74) is 1.42. The molecule has 0 aliphatic heterocycles. The normalized spacial score (nSPS) is 11.7. The molecule has 4 heteroatoms. The number of carbonyl (C=O) groups is 1. The zero-order valence-electron chi connectivity index (χ0n) is 12.0. The minimum Gasteiger partial charge on any atom is -0.494 e. The van der Waals surface area contributed by atoms with Crippen molar-refractivity contribution in [2.75, 3.05) is 11.9 Å². The van der Waals surface area contributed by atoms with Crippen LogP contribution in [-0.2, 0) is 4.79 Å². The van der Waals surface area contributed by atoms with Gasteiger partial charge in [-0.05, 0) is 36.8 Å². The Morgan fingerprint density at radius 3 is 2.43 bits per heavy atom. The number of nitrogens with one attached hydrogen (secondary N) is 1. The standard InChI is InChI=1S/C17H19NO3/c1-2-21-15-10-8-14(9-11-15)18-17(20)12-16(19)13-6-4-3-5-7-13/h3-11,16,19H,2,12H2,1H3,(H,18,20). The average Bonchev–Trinajstić information content (AvgIpc) is 2.50. The first-order valence-corrected chi connectivity index (χ1v) is 6.94. The van der Waals surface area contributed by atoms with Gasteiger partial charge in [0.25, 0.3) is 0 Å². The molecule has 0 saturated carbocycles. The molecule has 1 unspecified atom stereocenters.